The van der Waals surface area contributed by atoms with Crippen LogP contribution in [-0.2, 0) is 0 Å². The molecular formula is C15H18FN3. The van der Waals surface area contributed by atoms with Crippen LogP contribution in [0.3, 0.4) is 0 Å². The van der Waals surface area contributed by atoms with Crippen molar-refractivity contribution in [2.45, 2.75) is 25.7 Å². The second-order valence-electron chi connectivity index (χ2n) is 5.17. The van der Waals surface area contributed by atoms with E-state index >= 15 is 0 Å². The van der Waals surface area contributed by atoms with Crippen molar-refractivity contribution in [3.8, 4) is 5.69 Å². The largest absolute Gasteiger partial charge is 0.317 e. The van der Waals surface area contributed by atoms with E-state index in [2.05, 4.69) is 10.3 Å². The molecule has 19 heavy (non-hydrogen) atoms. The number of rotatable bonds is 2. The Balaban J connectivity index is 2.01. The molecule has 1 aromatic heterocycles. The van der Waals surface area contributed by atoms with Crippen LogP contribution < -0.4 is 5.32 Å². The van der Waals surface area contributed by atoms with E-state index in [0.717, 1.165) is 37.2 Å². The van der Waals surface area contributed by atoms with Crippen molar-refractivity contribution in [1.82, 2.24) is 14.9 Å². The van der Waals surface area contributed by atoms with Crippen LogP contribution in [0.15, 0.2) is 30.7 Å². The third-order valence-corrected chi connectivity index (χ3v) is 3.79. The van der Waals surface area contributed by atoms with Gasteiger partial charge in [0.05, 0.1) is 12.0 Å². The zero-order chi connectivity index (χ0) is 13.2. The monoisotopic (exact) mass is 259 g/mol. The first-order valence-corrected chi connectivity index (χ1v) is 6.75. The van der Waals surface area contributed by atoms with Gasteiger partial charge in [0, 0.05) is 17.8 Å². The first-order chi connectivity index (χ1) is 9.25. The van der Waals surface area contributed by atoms with E-state index in [9.17, 15) is 4.39 Å². The van der Waals surface area contributed by atoms with Gasteiger partial charge < -0.3 is 9.88 Å². The number of imidazole rings is 1. The number of hydrogen-bond donors (Lipinski definition) is 1. The van der Waals surface area contributed by atoms with Crippen LogP contribution in [0, 0.1) is 12.7 Å². The van der Waals surface area contributed by atoms with Crippen molar-refractivity contribution in [3.63, 3.8) is 0 Å². The lowest BCUT2D eigenvalue weighted by Gasteiger charge is -2.23. The third kappa shape index (κ3) is 2.40. The fraction of sp³-hybridized carbons (Fsp3) is 0.400. The molecule has 1 fully saturated rings. The van der Waals surface area contributed by atoms with E-state index in [4.69, 9.17) is 0 Å². The molecule has 3 nitrogen and oxygen atoms in total. The average molecular weight is 259 g/mol. The van der Waals surface area contributed by atoms with E-state index in [1.165, 1.54) is 6.07 Å². The first-order valence-electron chi connectivity index (χ1n) is 6.75. The molecule has 1 aromatic carbocycles. The summed E-state index contributed by atoms with van der Waals surface area (Å²) < 4.78 is 15.9. The molecule has 0 atom stereocenters. The highest BCUT2D eigenvalue weighted by Crippen LogP contribution is 2.28. The fourth-order valence-corrected chi connectivity index (χ4v) is 2.73. The van der Waals surface area contributed by atoms with Crippen molar-refractivity contribution >= 4 is 0 Å². The Bertz CT molecular complexity index is 571. The predicted octanol–water partition coefficient (Wildman–Crippen LogP) is 2.79. The Labute approximate surface area is 112 Å². The normalized spacial score (nSPS) is 16.7. The van der Waals surface area contributed by atoms with E-state index in [1.807, 2.05) is 23.8 Å². The Morgan fingerprint density at radius 2 is 2.11 bits per heavy atom. The molecule has 2 aromatic rings. The van der Waals surface area contributed by atoms with Crippen molar-refractivity contribution in [1.29, 1.82) is 0 Å². The van der Waals surface area contributed by atoms with Crippen LogP contribution in [-0.4, -0.2) is 22.6 Å². The van der Waals surface area contributed by atoms with Gasteiger partial charge in [0.2, 0.25) is 0 Å². The number of aryl methyl sites for hydroxylation is 1. The molecular weight excluding hydrogens is 241 g/mol. The van der Waals surface area contributed by atoms with Gasteiger partial charge in [0.15, 0.2) is 0 Å². The maximum Gasteiger partial charge on any atom is 0.147 e. The van der Waals surface area contributed by atoms with Crippen molar-refractivity contribution in [3.05, 3.63) is 47.8 Å². The van der Waals surface area contributed by atoms with Crippen molar-refractivity contribution in [2.75, 3.05) is 13.1 Å². The Hall–Kier alpha value is -1.68. The number of halogens is 1. The first kappa shape index (κ1) is 12.4. The van der Waals surface area contributed by atoms with E-state index in [-0.39, 0.29) is 5.82 Å². The number of piperidine rings is 1. The number of aromatic nitrogens is 2. The van der Waals surface area contributed by atoms with E-state index in [0.29, 0.717) is 11.6 Å². The summed E-state index contributed by atoms with van der Waals surface area (Å²) >= 11 is 0. The molecule has 0 unspecified atom stereocenters. The molecule has 1 aliphatic rings. The molecule has 1 saturated heterocycles. The standard InChI is InChI=1S/C15H18FN3/c1-11-2-3-13(16)14(8-11)19-10-18-9-15(19)12-4-6-17-7-5-12/h2-3,8-10,12,17H,4-7H2,1H3. The summed E-state index contributed by atoms with van der Waals surface area (Å²) in [6.45, 7) is 4.02. The quantitative estimate of drug-likeness (QED) is 0.898. The van der Waals surface area contributed by atoms with Crippen LogP contribution in [0.25, 0.3) is 5.69 Å². The molecule has 4 heteroatoms. The highest BCUT2D eigenvalue weighted by atomic mass is 19.1. The lowest BCUT2D eigenvalue weighted by atomic mass is 9.95. The van der Waals surface area contributed by atoms with Crippen molar-refractivity contribution < 1.29 is 4.39 Å². The lowest BCUT2D eigenvalue weighted by molar-refractivity contribution is 0.448. The van der Waals surface area contributed by atoms with Gasteiger partial charge >= 0.3 is 0 Å². The third-order valence-electron chi connectivity index (χ3n) is 3.79. The Morgan fingerprint density at radius 1 is 1.32 bits per heavy atom. The molecule has 2 heterocycles. The SMILES string of the molecule is Cc1ccc(F)c(-n2cncc2C2CCNCC2)c1. The summed E-state index contributed by atoms with van der Waals surface area (Å²) in [7, 11) is 0. The van der Waals surface area contributed by atoms with Gasteiger partial charge in [0.25, 0.3) is 0 Å². The smallest absolute Gasteiger partial charge is 0.147 e. The number of nitrogens with zero attached hydrogens (tertiary/aromatic N) is 2. The zero-order valence-corrected chi connectivity index (χ0v) is 11.1. The molecule has 1 N–H and O–H groups in total. The summed E-state index contributed by atoms with van der Waals surface area (Å²) in [6, 6.07) is 5.19. The van der Waals surface area contributed by atoms with Crippen LogP contribution >= 0.6 is 0 Å². The second-order valence-corrected chi connectivity index (χ2v) is 5.17. The number of benzene rings is 1. The minimum Gasteiger partial charge on any atom is -0.317 e. The summed E-state index contributed by atoms with van der Waals surface area (Å²) in [5.74, 6) is 0.266. The zero-order valence-electron chi connectivity index (χ0n) is 11.1. The molecule has 0 saturated carbocycles. The average Bonchev–Trinajstić information content (AvgIpc) is 2.91. The van der Waals surface area contributed by atoms with Crippen LogP contribution in [0.5, 0.6) is 0 Å². The molecule has 0 amide bonds. The topological polar surface area (TPSA) is 29.9 Å². The van der Waals surface area contributed by atoms with Gasteiger partial charge in [0.1, 0.15) is 5.82 Å². The molecule has 1 aliphatic heterocycles. The van der Waals surface area contributed by atoms with Gasteiger partial charge in [-0.2, -0.15) is 0 Å². The molecule has 0 radical (unpaired) electrons. The molecule has 0 bridgehead atoms. The van der Waals surface area contributed by atoms with Gasteiger partial charge in [-0.05, 0) is 50.6 Å². The minimum absolute atomic E-state index is 0.196. The molecule has 0 spiro atoms. The predicted molar refractivity (Wildman–Crippen MR) is 73.1 cm³/mol. The summed E-state index contributed by atoms with van der Waals surface area (Å²) in [4.78, 5) is 4.22. The van der Waals surface area contributed by atoms with E-state index in [1.54, 1.807) is 12.4 Å². The van der Waals surface area contributed by atoms with Gasteiger partial charge in [-0.25, -0.2) is 9.37 Å². The number of hydrogen-bond acceptors (Lipinski definition) is 2. The summed E-state index contributed by atoms with van der Waals surface area (Å²) in [5, 5.41) is 3.35. The van der Waals surface area contributed by atoms with Gasteiger partial charge in [-0.15, -0.1) is 0 Å². The maximum absolute atomic E-state index is 14.0. The molecule has 3 rings (SSSR count). The van der Waals surface area contributed by atoms with Gasteiger partial charge in [-0.1, -0.05) is 6.07 Å². The lowest BCUT2D eigenvalue weighted by Crippen LogP contribution is -2.27. The maximum atomic E-state index is 14.0. The highest BCUT2D eigenvalue weighted by molar-refractivity contribution is 5.39. The van der Waals surface area contributed by atoms with Crippen LogP contribution in [0.2, 0.25) is 0 Å². The summed E-state index contributed by atoms with van der Waals surface area (Å²) in [5.41, 5.74) is 2.78. The summed E-state index contributed by atoms with van der Waals surface area (Å²) in [6.07, 6.45) is 5.76. The fourth-order valence-electron chi connectivity index (χ4n) is 2.73. The Morgan fingerprint density at radius 3 is 2.89 bits per heavy atom. The van der Waals surface area contributed by atoms with Crippen LogP contribution in [0.1, 0.15) is 30.0 Å². The van der Waals surface area contributed by atoms with Crippen LogP contribution in [0.4, 0.5) is 4.39 Å². The Kier molecular flexibility index (Phi) is 3.34. The molecule has 100 valence electrons. The van der Waals surface area contributed by atoms with E-state index < -0.39 is 0 Å². The van der Waals surface area contributed by atoms with Crippen molar-refractivity contribution in [2.24, 2.45) is 0 Å². The molecule has 0 aliphatic carbocycles. The van der Waals surface area contributed by atoms with Gasteiger partial charge in [-0.3, -0.25) is 0 Å². The highest BCUT2D eigenvalue weighted by Gasteiger charge is 2.20. The second kappa shape index (κ2) is 5.13. The number of nitrogens with one attached hydrogen (secondary N) is 1. The minimum atomic E-state index is -0.196.